The highest BCUT2D eigenvalue weighted by molar-refractivity contribution is 5.89. The minimum atomic E-state index is 0.234. The van der Waals surface area contributed by atoms with Crippen molar-refractivity contribution in [3.8, 4) is 0 Å². The Morgan fingerprint density at radius 1 is 1.50 bits per heavy atom. The van der Waals surface area contributed by atoms with Crippen LogP contribution in [0.5, 0.6) is 0 Å². The van der Waals surface area contributed by atoms with Gasteiger partial charge in [0.15, 0.2) is 5.78 Å². The molecule has 0 amide bonds. The van der Waals surface area contributed by atoms with Crippen LogP contribution in [0.1, 0.15) is 40.0 Å². The molecule has 0 N–H and O–H groups in total. The van der Waals surface area contributed by atoms with Gasteiger partial charge in [-0.25, -0.2) is 0 Å². The lowest BCUT2D eigenvalue weighted by Crippen LogP contribution is -2.26. The summed E-state index contributed by atoms with van der Waals surface area (Å²) in [7, 11) is 3.99. The predicted molar refractivity (Wildman–Crippen MR) is 77.6 cm³/mol. The Morgan fingerprint density at radius 2 is 2.17 bits per heavy atom. The fourth-order valence-electron chi connectivity index (χ4n) is 2.60. The Labute approximate surface area is 112 Å². The molecule has 0 saturated heterocycles. The summed E-state index contributed by atoms with van der Waals surface area (Å²) in [6.45, 7) is 7.60. The number of rotatable bonds is 5. The van der Waals surface area contributed by atoms with Gasteiger partial charge in [0, 0.05) is 18.9 Å². The number of hydrogen-bond acceptors (Lipinski definition) is 2. The molecular weight excluding hydrogens is 222 g/mol. The Morgan fingerprint density at radius 3 is 2.72 bits per heavy atom. The molecular formula is C16H27NO. The first-order chi connectivity index (χ1) is 8.33. The summed E-state index contributed by atoms with van der Waals surface area (Å²) in [6, 6.07) is 0. The van der Waals surface area contributed by atoms with Crippen LogP contribution < -0.4 is 0 Å². The van der Waals surface area contributed by atoms with Crippen molar-refractivity contribution in [2.75, 3.05) is 20.6 Å². The third kappa shape index (κ3) is 4.41. The SMILES string of the molecule is CC1=CCCC(C)(C)[C@H]1/C=C/C(=O)CCN(C)C. The number of hydrogen-bond donors (Lipinski definition) is 0. The fourth-order valence-corrected chi connectivity index (χ4v) is 2.60. The number of allylic oxidation sites excluding steroid dienone is 4. The summed E-state index contributed by atoms with van der Waals surface area (Å²) in [5, 5.41) is 0. The second-order valence-electron chi connectivity index (χ2n) is 6.33. The van der Waals surface area contributed by atoms with Gasteiger partial charge in [-0.15, -0.1) is 0 Å². The molecule has 0 spiro atoms. The average molecular weight is 249 g/mol. The molecule has 0 saturated carbocycles. The first kappa shape index (κ1) is 15.2. The average Bonchev–Trinajstić information content (AvgIpc) is 2.24. The van der Waals surface area contributed by atoms with E-state index in [2.05, 4.69) is 32.9 Å². The number of nitrogens with zero attached hydrogens (tertiary/aromatic N) is 1. The van der Waals surface area contributed by atoms with Crippen LogP contribution in [-0.4, -0.2) is 31.3 Å². The van der Waals surface area contributed by atoms with E-state index in [1.54, 1.807) is 6.08 Å². The monoisotopic (exact) mass is 249 g/mol. The fraction of sp³-hybridized carbons (Fsp3) is 0.688. The second-order valence-corrected chi connectivity index (χ2v) is 6.33. The van der Waals surface area contributed by atoms with Crippen molar-refractivity contribution in [2.45, 2.75) is 40.0 Å². The second kappa shape index (κ2) is 6.33. The van der Waals surface area contributed by atoms with E-state index >= 15 is 0 Å². The molecule has 0 aromatic carbocycles. The van der Waals surface area contributed by atoms with Crippen molar-refractivity contribution >= 4 is 5.78 Å². The van der Waals surface area contributed by atoms with Gasteiger partial charge in [-0.1, -0.05) is 31.6 Å². The zero-order valence-corrected chi connectivity index (χ0v) is 12.5. The molecule has 0 aromatic rings. The minimum absolute atomic E-state index is 0.234. The lowest BCUT2D eigenvalue weighted by molar-refractivity contribution is -0.114. The van der Waals surface area contributed by atoms with E-state index in [1.807, 2.05) is 19.0 Å². The molecule has 0 fully saturated rings. The van der Waals surface area contributed by atoms with Gasteiger partial charge in [0.05, 0.1) is 0 Å². The van der Waals surface area contributed by atoms with Crippen molar-refractivity contribution in [3.63, 3.8) is 0 Å². The van der Waals surface area contributed by atoms with Crippen LogP contribution in [0.2, 0.25) is 0 Å². The molecule has 0 aromatic heterocycles. The predicted octanol–water partition coefficient (Wildman–Crippen LogP) is 3.45. The van der Waals surface area contributed by atoms with Gasteiger partial charge >= 0.3 is 0 Å². The topological polar surface area (TPSA) is 20.3 Å². The van der Waals surface area contributed by atoms with Crippen LogP contribution >= 0.6 is 0 Å². The zero-order chi connectivity index (χ0) is 13.8. The molecule has 1 rings (SSSR count). The molecule has 18 heavy (non-hydrogen) atoms. The quantitative estimate of drug-likeness (QED) is 0.549. The van der Waals surface area contributed by atoms with Gasteiger partial charge in [0.2, 0.25) is 0 Å². The van der Waals surface area contributed by atoms with Crippen molar-refractivity contribution in [1.29, 1.82) is 0 Å². The molecule has 2 heteroatoms. The molecule has 0 bridgehead atoms. The van der Waals surface area contributed by atoms with Gasteiger partial charge in [-0.2, -0.15) is 0 Å². The maximum absolute atomic E-state index is 11.8. The first-order valence-electron chi connectivity index (χ1n) is 6.85. The summed E-state index contributed by atoms with van der Waals surface area (Å²) in [4.78, 5) is 13.8. The van der Waals surface area contributed by atoms with E-state index < -0.39 is 0 Å². The molecule has 1 aliphatic rings. The van der Waals surface area contributed by atoms with Crippen LogP contribution in [0.15, 0.2) is 23.8 Å². The van der Waals surface area contributed by atoms with Gasteiger partial charge in [-0.05, 0) is 45.4 Å². The van der Waals surface area contributed by atoms with E-state index in [1.165, 1.54) is 12.0 Å². The summed E-state index contributed by atoms with van der Waals surface area (Å²) < 4.78 is 0. The summed E-state index contributed by atoms with van der Waals surface area (Å²) in [5.41, 5.74) is 1.68. The van der Waals surface area contributed by atoms with Gasteiger partial charge in [-0.3, -0.25) is 4.79 Å². The molecule has 1 aliphatic carbocycles. The van der Waals surface area contributed by atoms with Crippen LogP contribution in [-0.2, 0) is 4.79 Å². The molecule has 0 aliphatic heterocycles. The largest absolute Gasteiger partial charge is 0.309 e. The number of carbonyl (C=O) groups is 1. The third-order valence-electron chi connectivity index (χ3n) is 3.87. The lowest BCUT2D eigenvalue weighted by atomic mass is 9.68. The van der Waals surface area contributed by atoms with Crippen LogP contribution in [0.4, 0.5) is 0 Å². The molecule has 1 atom stereocenters. The van der Waals surface area contributed by atoms with Crippen LogP contribution in [0.25, 0.3) is 0 Å². The Kier molecular flexibility index (Phi) is 5.33. The Balaban J connectivity index is 2.61. The van der Waals surface area contributed by atoms with Gasteiger partial charge in [0.25, 0.3) is 0 Å². The summed E-state index contributed by atoms with van der Waals surface area (Å²) in [6.07, 6.45) is 9.19. The number of ketones is 1. The summed E-state index contributed by atoms with van der Waals surface area (Å²) in [5.74, 6) is 0.646. The minimum Gasteiger partial charge on any atom is -0.309 e. The smallest absolute Gasteiger partial charge is 0.156 e. The lowest BCUT2D eigenvalue weighted by Gasteiger charge is -2.36. The Bertz CT molecular complexity index is 350. The highest BCUT2D eigenvalue weighted by atomic mass is 16.1. The molecule has 0 heterocycles. The maximum Gasteiger partial charge on any atom is 0.156 e. The molecule has 2 nitrogen and oxygen atoms in total. The standard InChI is InChI=1S/C16H27NO/c1-13-7-6-11-16(2,3)15(13)9-8-14(18)10-12-17(4)5/h7-9,15H,6,10-12H2,1-5H3/b9-8+/t15-/m0/s1. The Hall–Kier alpha value is -0.890. The van der Waals surface area contributed by atoms with Crippen molar-refractivity contribution in [3.05, 3.63) is 23.8 Å². The van der Waals surface area contributed by atoms with Gasteiger partial charge < -0.3 is 4.90 Å². The van der Waals surface area contributed by atoms with Crippen molar-refractivity contribution in [1.82, 2.24) is 4.90 Å². The molecule has 102 valence electrons. The number of carbonyl (C=O) groups excluding carboxylic acids is 1. The van der Waals surface area contributed by atoms with E-state index in [0.717, 1.165) is 13.0 Å². The maximum atomic E-state index is 11.8. The van der Waals surface area contributed by atoms with E-state index in [4.69, 9.17) is 0 Å². The summed E-state index contributed by atoms with van der Waals surface area (Å²) >= 11 is 0. The first-order valence-corrected chi connectivity index (χ1v) is 6.85. The van der Waals surface area contributed by atoms with Crippen LogP contribution in [0.3, 0.4) is 0 Å². The van der Waals surface area contributed by atoms with Crippen molar-refractivity contribution < 1.29 is 4.79 Å². The highest BCUT2D eigenvalue weighted by Gasteiger charge is 2.30. The zero-order valence-electron chi connectivity index (χ0n) is 12.5. The normalized spacial score (nSPS) is 23.4. The van der Waals surface area contributed by atoms with E-state index in [9.17, 15) is 4.79 Å². The van der Waals surface area contributed by atoms with Crippen LogP contribution in [0, 0.1) is 11.3 Å². The van der Waals surface area contributed by atoms with Crippen molar-refractivity contribution in [2.24, 2.45) is 11.3 Å². The molecule has 0 unspecified atom stereocenters. The van der Waals surface area contributed by atoms with Gasteiger partial charge in [0.1, 0.15) is 0 Å². The van der Waals surface area contributed by atoms with E-state index in [0.29, 0.717) is 12.3 Å². The third-order valence-corrected chi connectivity index (χ3v) is 3.87. The molecule has 0 radical (unpaired) electrons. The van der Waals surface area contributed by atoms with E-state index in [-0.39, 0.29) is 11.2 Å². The highest BCUT2D eigenvalue weighted by Crippen LogP contribution is 2.41.